The molecule has 1 N–H and O–H groups in total. The Morgan fingerprint density at radius 3 is 2.43 bits per heavy atom. The summed E-state index contributed by atoms with van der Waals surface area (Å²) in [5, 5.41) is 9.41. The summed E-state index contributed by atoms with van der Waals surface area (Å²) in [6, 6.07) is 2.93. The first-order valence-electron chi connectivity index (χ1n) is 6.95. The quantitative estimate of drug-likeness (QED) is 0.863. The van der Waals surface area contributed by atoms with Crippen LogP contribution in [0.15, 0.2) is 12.1 Å². The van der Waals surface area contributed by atoms with Crippen molar-refractivity contribution in [3.8, 4) is 0 Å². The topological polar surface area (TPSA) is 66.8 Å². The number of aryl methyl sites for hydroxylation is 2. The van der Waals surface area contributed by atoms with Crippen LogP contribution in [0.4, 0.5) is 10.5 Å². The zero-order chi connectivity index (χ0) is 15.9. The Hall–Kier alpha value is -2.04. The van der Waals surface area contributed by atoms with Gasteiger partial charge in [0.2, 0.25) is 0 Å². The third-order valence-electron chi connectivity index (χ3n) is 3.44. The molecular formula is C16H21NO4. The van der Waals surface area contributed by atoms with E-state index in [0.717, 1.165) is 16.7 Å². The van der Waals surface area contributed by atoms with Crippen molar-refractivity contribution in [2.45, 2.75) is 52.7 Å². The summed E-state index contributed by atoms with van der Waals surface area (Å²) in [7, 11) is 0. The molecule has 0 unspecified atom stereocenters. The van der Waals surface area contributed by atoms with Crippen molar-refractivity contribution in [3.63, 3.8) is 0 Å². The number of amides is 1. The lowest BCUT2D eigenvalue weighted by Gasteiger charge is -2.27. The molecule has 1 atom stereocenters. The third kappa shape index (κ3) is 3.01. The molecule has 0 saturated carbocycles. The van der Waals surface area contributed by atoms with Gasteiger partial charge in [-0.2, -0.15) is 0 Å². The number of carboxylic acids is 1. The highest BCUT2D eigenvalue weighted by Gasteiger charge is 2.41. The average molecular weight is 291 g/mol. The van der Waals surface area contributed by atoms with Gasteiger partial charge in [-0.3, -0.25) is 4.90 Å². The second-order valence-corrected chi connectivity index (χ2v) is 6.49. The lowest BCUT2D eigenvalue weighted by Crippen LogP contribution is -2.45. The molecule has 0 fully saturated rings. The Kier molecular flexibility index (Phi) is 3.70. The van der Waals surface area contributed by atoms with Gasteiger partial charge >= 0.3 is 12.1 Å². The SMILES string of the molecule is Cc1cc(C)c2c(c1)N(C(=O)OC(C)(C)C)[C@H](C(=O)O)C2. The maximum absolute atomic E-state index is 12.4. The molecule has 1 aromatic rings. The van der Waals surface area contributed by atoms with Crippen LogP contribution < -0.4 is 4.90 Å². The Morgan fingerprint density at radius 1 is 1.29 bits per heavy atom. The van der Waals surface area contributed by atoms with E-state index in [1.807, 2.05) is 26.0 Å². The van der Waals surface area contributed by atoms with E-state index in [1.165, 1.54) is 4.90 Å². The number of carboxylic acid groups (broad SMARTS) is 1. The van der Waals surface area contributed by atoms with Gasteiger partial charge in [0, 0.05) is 6.42 Å². The van der Waals surface area contributed by atoms with Crippen molar-refractivity contribution in [1.82, 2.24) is 0 Å². The van der Waals surface area contributed by atoms with Crippen LogP contribution in [0.1, 0.15) is 37.5 Å². The van der Waals surface area contributed by atoms with Crippen LogP contribution in [0.3, 0.4) is 0 Å². The van der Waals surface area contributed by atoms with Crippen molar-refractivity contribution >= 4 is 17.7 Å². The third-order valence-corrected chi connectivity index (χ3v) is 3.44. The number of carbonyl (C=O) groups excluding carboxylic acids is 1. The second-order valence-electron chi connectivity index (χ2n) is 6.49. The molecule has 0 radical (unpaired) electrons. The van der Waals surface area contributed by atoms with E-state index < -0.39 is 23.7 Å². The lowest BCUT2D eigenvalue weighted by molar-refractivity contribution is -0.138. The van der Waals surface area contributed by atoms with E-state index in [4.69, 9.17) is 4.74 Å². The monoisotopic (exact) mass is 291 g/mol. The molecule has 0 saturated heterocycles. The highest BCUT2D eigenvalue weighted by Crippen LogP contribution is 2.36. The normalized spacial score (nSPS) is 17.6. The van der Waals surface area contributed by atoms with Crippen LogP contribution >= 0.6 is 0 Å². The molecule has 21 heavy (non-hydrogen) atoms. The Bertz CT molecular complexity index is 601. The first kappa shape index (κ1) is 15.4. The minimum Gasteiger partial charge on any atom is -0.480 e. The van der Waals surface area contributed by atoms with Crippen LogP contribution in [-0.2, 0) is 16.0 Å². The molecule has 114 valence electrons. The van der Waals surface area contributed by atoms with Gasteiger partial charge in [-0.15, -0.1) is 0 Å². The molecule has 0 aromatic heterocycles. The predicted molar refractivity (Wildman–Crippen MR) is 79.8 cm³/mol. The highest BCUT2D eigenvalue weighted by atomic mass is 16.6. The predicted octanol–water partition coefficient (Wildman–Crippen LogP) is 3.05. The van der Waals surface area contributed by atoms with Gasteiger partial charge in [0.05, 0.1) is 5.69 Å². The minimum absolute atomic E-state index is 0.315. The summed E-state index contributed by atoms with van der Waals surface area (Å²) < 4.78 is 5.36. The molecule has 0 bridgehead atoms. The van der Waals surface area contributed by atoms with E-state index >= 15 is 0 Å². The van der Waals surface area contributed by atoms with E-state index in [-0.39, 0.29) is 0 Å². The summed E-state index contributed by atoms with van der Waals surface area (Å²) in [6.07, 6.45) is -0.297. The minimum atomic E-state index is -1.02. The van der Waals surface area contributed by atoms with Crippen molar-refractivity contribution in [1.29, 1.82) is 0 Å². The van der Waals surface area contributed by atoms with Crippen molar-refractivity contribution in [3.05, 3.63) is 28.8 Å². The molecule has 1 aliphatic rings. The molecule has 0 aliphatic carbocycles. The fraction of sp³-hybridized carbons (Fsp3) is 0.500. The number of nitrogens with zero attached hydrogens (tertiary/aromatic N) is 1. The first-order chi connectivity index (χ1) is 9.60. The van der Waals surface area contributed by atoms with Gasteiger partial charge in [0.25, 0.3) is 0 Å². The summed E-state index contributed by atoms with van der Waals surface area (Å²) >= 11 is 0. The van der Waals surface area contributed by atoms with E-state index in [9.17, 15) is 14.7 Å². The number of fused-ring (bicyclic) bond motifs is 1. The Labute approximate surface area is 124 Å². The molecule has 1 heterocycles. The van der Waals surface area contributed by atoms with Crippen LogP contribution in [0.25, 0.3) is 0 Å². The summed E-state index contributed by atoms with van der Waals surface area (Å²) in [6.45, 7) is 9.15. The smallest absolute Gasteiger partial charge is 0.415 e. The molecule has 1 aliphatic heterocycles. The second kappa shape index (κ2) is 5.06. The number of rotatable bonds is 1. The summed E-state index contributed by atoms with van der Waals surface area (Å²) in [5.74, 6) is -1.02. The molecule has 5 nitrogen and oxygen atoms in total. The van der Waals surface area contributed by atoms with E-state index in [2.05, 4.69) is 0 Å². The van der Waals surface area contributed by atoms with Gasteiger partial charge in [-0.05, 0) is 57.4 Å². The van der Waals surface area contributed by atoms with Crippen LogP contribution in [-0.4, -0.2) is 28.8 Å². The lowest BCUT2D eigenvalue weighted by atomic mass is 10.0. The number of ether oxygens (including phenoxy) is 1. The van der Waals surface area contributed by atoms with Crippen LogP contribution in [0.2, 0.25) is 0 Å². The number of anilines is 1. The van der Waals surface area contributed by atoms with Crippen molar-refractivity contribution < 1.29 is 19.4 Å². The number of hydrogen-bond acceptors (Lipinski definition) is 3. The van der Waals surface area contributed by atoms with Crippen molar-refractivity contribution in [2.75, 3.05) is 4.90 Å². The fourth-order valence-corrected chi connectivity index (χ4v) is 2.64. The molecule has 5 heteroatoms. The molecule has 2 rings (SSSR count). The summed E-state index contributed by atoms with van der Waals surface area (Å²) in [5.41, 5.74) is 2.88. The number of carbonyl (C=O) groups is 2. The highest BCUT2D eigenvalue weighted by molar-refractivity contribution is 5.99. The fourth-order valence-electron chi connectivity index (χ4n) is 2.64. The van der Waals surface area contributed by atoms with Crippen molar-refractivity contribution in [2.24, 2.45) is 0 Å². The van der Waals surface area contributed by atoms with Crippen LogP contribution in [0, 0.1) is 13.8 Å². The Morgan fingerprint density at radius 2 is 1.90 bits per heavy atom. The molecule has 0 spiro atoms. The standard InChI is InChI=1S/C16H21NO4/c1-9-6-10(2)11-8-13(14(18)19)17(12(11)7-9)15(20)21-16(3,4)5/h6-7,13H,8H2,1-5H3,(H,18,19)/t13-/m0/s1. The van der Waals surface area contributed by atoms with E-state index in [1.54, 1.807) is 20.8 Å². The zero-order valence-corrected chi connectivity index (χ0v) is 13.1. The van der Waals surface area contributed by atoms with E-state index in [0.29, 0.717) is 12.1 Å². The zero-order valence-electron chi connectivity index (χ0n) is 13.1. The number of aliphatic carboxylic acids is 1. The maximum Gasteiger partial charge on any atom is 0.415 e. The van der Waals surface area contributed by atoms with Gasteiger partial charge in [-0.1, -0.05) is 6.07 Å². The Balaban J connectivity index is 2.47. The van der Waals surface area contributed by atoms with Crippen LogP contribution in [0.5, 0.6) is 0 Å². The number of benzene rings is 1. The maximum atomic E-state index is 12.4. The van der Waals surface area contributed by atoms with Gasteiger partial charge < -0.3 is 9.84 Å². The average Bonchev–Trinajstić information content (AvgIpc) is 2.66. The molecular weight excluding hydrogens is 270 g/mol. The van der Waals surface area contributed by atoms with Gasteiger partial charge in [-0.25, -0.2) is 9.59 Å². The number of hydrogen-bond donors (Lipinski definition) is 1. The largest absolute Gasteiger partial charge is 0.480 e. The van der Waals surface area contributed by atoms with Gasteiger partial charge in [0.15, 0.2) is 0 Å². The summed E-state index contributed by atoms with van der Waals surface area (Å²) in [4.78, 5) is 25.2. The molecule has 1 aromatic carbocycles. The first-order valence-corrected chi connectivity index (χ1v) is 6.95. The molecule has 1 amide bonds. The van der Waals surface area contributed by atoms with Gasteiger partial charge in [0.1, 0.15) is 11.6 Å².